The summed E-state index contributed by atoms with van der Waals surface area (Å²) in [6, 6.07) is 9.59. The molecule has 1 aromatic heterocycles. The first-order valence-corrected chi connectivity index (χ1v) is 10.5. The van der Waals surface area contributed by atoms with Gasteiger partial charge in [-0.3, -0.25) is 4.79 Å². The molecule has 0 spiro atoms. The van der Waals surface area contributed by atoms with Gasteiger partial charge in [0.25, 0.3) is 0 Å². The third kappa shape index (κ3) is 5.68. The molecule has 2 atom stereocenters. The predicted molar refractivity (Wildman–Crippen MR) is 113 cm³/mol. The number of piperidine rings is 1. The van der Waals surface area contributed by atoms with E-state index in [1.54, 1.807) is 6.33 Å². The number of likely N-dealkylation sites (tertiary alicyclic amines) is 1. The van der Waals surface area contributed by atoms with Crippen LogP contribution >= 0.6 is 0 Å². The molecule has 1 aliphatic rings. The Morgan fingerprint density at radius 1 is 1.31 bits per heavy atom. The minimum Gasteiger partial charge on any atom is -0.348 e. The van der Waals surface area contributed by atoms with Crippen molar-refractivity contribution < 1.29 is 4.79 Å². The number of nitrogens with one attached hydrogen (secondary N) is 1. The molecule has 0 aliphatic carbocycles. The zero-order chi connectivity index (χ0) is 20.8. The second kappa shape index (κ2) is 9.71. The topological polar surface area (TPSA) is 74.0 Å². The number of carbonyl (C=O) groups is 1. The van der Waals surface area contributed by atoms with E-state index in [-0.39, 0.29) is 17.9 Å². The Bertz CT molecular complexity index is 849. The highest BCUT2D eigenvalue weighted by Crippen LogP contribution is 2.20. The quantitative estimate of drug-likeness (QED) is 0.783. The molecule has 1 aromatic carbocycles. The fraction of sp³-hybridized carbons (Fsp3) is 0.522. The van der Waals surface area contributed by atoms with Gasteiger partial charge in [-0.25, -0.2) is 4.98 Å². The van der Waals surface area contributed by atoms with Gasteiger partial charge in [0.05, 0.1) is 41.8 Å². The third-order valence-corrected chi connectivity index (χ3v) is 5.48. The van der Waals surface area contributed by atoms with Crippen LogP contribution in [0, 0.1) is 23.2 Å². The largest absolute Gasteiger partial charge is 0.348 e. The molecule has 0 bridgehead atoms. The van der Waals surface area contributed by atoms with Gasteiger partial charge in [-0.15, -0.1) is 0 Å². The molecule has 1 amide bonds. The van der Waals surface area contributed by atoms with E-state index in [1.165, 1.54) is 0 Å². The van der Waals surface area contributed by atoms with Crippen molar-refractivity contribution in [3.63, 3.8) is 0 Å². The minimum absolute atomic E-state index is 0.0554. The first kappa shape index (κ1) is 21.1. The van der Waals surface area contributed by atoms with E-state index in [2.05, 4.69) is 39.7 Å². The van der Waals surface area contributed by atoms with Crippen molar-refractivity contribution in [1.82, 2.24) is 19.8 Å². The summed E-state index contributed by atoms with van der Waals surface area (Å²) in [5.41, 5.74) is 2.73. The monoisotopic (exact) mass is 393 g/mol. The van der Waals surface area contributed by atoms with E-state index < -0.39 is 0 Å². The number of hydrogen-bond donors (Lipinski definition) is 1. The highest BCUT2D eigenvalue weighted by Gasteiger charge is 2.27. The summed E-state index contributed by atoms with van der Waals surface area (Å²) in [6.45, 7) is 10.1. The maximum absolute atomic E-state index is 12.9. The molecule has 6 heteroatoms. The van der Waals surface area contributed by atoms with Gasteiger partial charge in [0.1, 0.15) is 0 Å². The number of amides is 1. The maximum atomic E-state index is 12.9. The van der Waals surface area contributed by atoms with Crippen LogP contribution in [-0.2, 0) is 11.3 Å². The number of hydrogen-bond acceptors (Lipinski definition) is 4. The van der Waals surface area contributed by atoms with Gasteiger partial charge in [0.15, 0.2) is 0 Å². The van der Waals surface area contributed by atoms with E-state index in [9.17, 15) is 4.79 Å². The van der Waals surface area contributed by atoms with Crippen LogP contribution in [-0.4, -0.2) is 40.0 Å². The molecule has 1 N–H and O–H groups in total. The van der Waals surface area contributed by atoms with Crippen molar-refractivity contribution >= 4 is 5.91 Å². The smallest absolute Gasteiger partial charge is 0.224 e. The number of carbonyl (C=O) groups excluding carboxylic acids is 1. The van der Waals surface area contributed by atoms with Crippen LogP contribution in [0.5, 0.6) is 0 Å². The molecule has 0 saturated carbocycles. The van der Waals surface area contributed by atoms with Crippen LogP contribution in [0.25, 0.3) is 0 Å². The fourth-order valence-electron chi connectivity index (χ4n) is 4.06. The number of nitriles is 1. The lowest BCUT2D eigenvalue weighted by atomic mass is 9.96. The number of aromatic nitrogens is 2. The van der Waals surface area contributed by atoms with Crippen LogP contribution in [0.4, 0.5) is 0 Å². The van der Waals surface area contributed by atoms with E-state index in [0.29, 0.717) is 18.0 Å². The van der Waals surface area contributed by atoms with Crippen molar-refractivity contribution in [2.24, 2.45) is 11.8 Å². The van der Waals surface area contributed by atoms with Gasteiger partial charge in [0, 0.05) is 19.6 Å². The zero-order valence-corrected chi connectivity index (χ0v) is 17.6. The lowest BCUT2D eigenvalue weighted by Gasteiger charge is -2.33. The highest BCUT2D eigenvalue weighted by molar-refractivity contribution is 5.79. The third-order valence-electron chi connectivity index (χ3n) is 5.48. The Kier molecular flexibility index (Phi) is 7.05. The van der Waals surface area contributed by atoms with Crippen LogP contribution in [0.1, 0.15) is 56.5 Å². The molecule has 0 radical (unpaired) electrons. The van der Waals surface area contributed by atoms with Gasteiger partial charge in [-0.05, 0) is 49.9 Å². The molecule has 154 valence electrons. The van der Waals surface area contributed by atoms with Gasteiger partial charge in [-0.2, -0.15) is 5.26 Å². The van der Waals surface area contributed by atoms with Crippen LogP contribution < -0.4 is 5.32 Å². The molecule has 1 unspecified atom stereocenters. The maximum Gasteiger partial charge on any atom is 0.224 e. The second-order valence-electron chi connectivity index (χ2n) is 8.48. The van der Waals surface area contributed by atoms with E-state index >= 15 is 0 Å². The van der Waals surface area contributed by atoms with Crippen LogP contribution in [0.15, 0.2) is 36.8 Å². The molecule has 2 aromatic rings. The lowest BCUT2D eigenvalue weighted by molar-refractivity contribution is -0.127. The van der Waals surface area contributed by atoms with Gasteiger partial charge in [0.2, 0.25) is 5.91 Å². The Balaban J connectivity index is 1.60. The SMILES string of the molecule is CC(C)CN1CCCC(C(=O)N[C@@H](C)c2cncn2Cc2ccc(C#N)cc2)C1. The molecule has 1 fully saturated rings. The number of benzene rings is 1. The number of imidazole rings is 1. The van der Waals surface area contributed by atoms with Crippen molar-refractivity contribution in [2.45, 2.75) is 46.2 Å². The molecule has 1 aliphatic heterocycles. The van der Waals surface area contributed by atoms with Crippen molar-refractivity contribution in [3.8, 4) is 6.07 Å². The summed E-state index contributed by atoms with van der Waals surface area (Å²) in [6.07, 6.45) is 5.65. The van der Waals surface area contributed by atoms with Crippen molar-refractivity contribution in [2.75, 3.05) is 19.6 Å². The fourth-order valence-corrected chi connectivity index (χ4v) is 4.06. The summed E-state index contributed by atoms with van der Waals surface area (Å²) in [4.78, 5) is 19.6. The Morgan fingerprint density at radius 2 is 2.07 bits per heavy atom. The molecule has 1 saturated heterocycles. The molecule has 29 heavy (non-hydrogen) atoms. The summed E-state index contributed by atoms with van der Waals surface area (Å²) in [5.74, 6) is 0.809. The van der Waals surface area contributed by atoms with Crippen LogP contribution in [0.2, 0.25) is 0 Å². The summed E-state index contributed by atoms with van der Waals surface area (Å²) >= 11 is 0. The van der Waals surface area contributed by atoms with Crippen LogP contribution in [0.3, 0.4) is 0 Å². The second-order valence-corrected chi connectivity index (χ2v) is 8.48. The highest BCUT2D eigenvalue weighted by atomic mass is 16.2. The molecule has 6 nitrogen and oxygen atoms in total. The first-order valence-electron chi connectivity index (χ1n) is 10.5. The normalized spacial score (nSPS) is 18.4. The number of nitrogens with zero attached hydrogens (tertiary/aromatic N) is 4. The zero-order valence-electron chi connectivity index (χ0n) is 17.6. The summed E-state index contributed by atoms with van der Waals surface area (Å²) in [5, 5.41) is 12.1. The molecule has 3 rings (SSSR count). The summed E-state index contributed by atoms with van der Waals surface area (Å²) < 4.78 is 2.05. The first-order chi connectivity index (χ1) is 14.0. The Morgan fingerprint density at radius 3 is 2.76 bits per heavy atom. The Hall–Kier alpha value is -2.65. The van der Waals surface area contributed by atoms with Gasteiger partial charge >= 0.3 is 0 Å². The standard InChI is InChI=1S/C23H31N5O/c1-17(2)13-27-10-4-5-21(15-27)23(29)26-18(3)22-12-25-16-28(22)14-20-8-6-19(11-24)7-9-20/h6-9,12,16-18,21H,4-5,10,13-15H2,1-3H3,(H,26,29)/t18-,21?/m0/s1. The average molecular weight is 394 g/mol. The van der Waals surface area contributed by atoms with Gasteiger partial charge < -0.3 is 14.8 Å². The Labute approximate surface area is 173 Å². The minimum atomic E-state index is -0.108. The summed E-state index contributed by atoms with van der Waals surface area (Å²) in [7, 11) is 0. The van der Waals surface area contributed by atoms with E-state index in [4.69, 9.17) is 5.26 Å². The van der Waals surface area contributed by atoms with Crippen molar-refractivity contribution in [3.05, 3.63) is 53.6 Å². The molecule has 2 heterocycles. The average Bonchev–Trinajstić information content (AvgIpc) is 3.16. The molecular formula is C23H31N5O. The molecular weight excluding hydrogens is 362 g/mol. The van der Waals surface area contributed by atoms with Gasteiger partial charge in [-0.1, -0.05) is 26.0 Å². The van der Waals surface area contributed by atoms with E-state index in [1.807, 2.05) is 37.4 Å². The number of rotatable bonds is 7. The van der Waals surface area contributed by atoms with E-state index in [0.717, 1.165) is 43.7 Å². The van der Waals surface area contributed by atoms with Crippen molar-refractivity contribution in [1.29, 1.82) is 5.26 Å². The predicted octanol–water partition coefficient (Wildman–Crippen LogP) is 3.35. The lowest BCUT2D eigenvalue weighted by Crippen LogP contribution is -2.44.